The van der Waals surface area contributed by atoms with E-state index in [9.17, 15) is 0 Å². The zero-order chi connectivity index (χ0) is 21.7. The van der Waals surface area contributed by atoms with Crippen LogP contribution in [0.4, 0.5) is 0 Å². The molecule has 3 saturated carbocycles. The third-order valence-corrected chi connectivity index (χ3v) is 11.3. The zero-order valence-corrected chi connectivity index (χ0v) is 21.5. The molecule has 0 saturated heterocycles. The first kappa shape index (κ1) is 22.9. The van der Waals surface area contributed by atoms with E-state index in [1.165, 1.54) is 70.6 Å². The summed E-state index contributed by atoms with van der Waals surface area (Å²) in [4.78, 5) is 0. The molecule has 0 aromatic heterocycles. The van der Waals surface area contributed by atoms with E-state index in [1.807, 2.05) is 5.57 Å². The van der Waals surface area contributed by atoms with Crippen molar-refractivity contribution < 1.29 is 0 Å². The average Bonchev–Trinajstić information content (AvgIpc) is 3.04. The van der Waals surface area contributed by atoms with Crippen molar-refractivity contribution in [1.82, 2.24) is 0 Å². The molecule has 0 aromatic carbocycles. The summed E-state index contributed by atoms with van der Waals surface area (Å²) in [6.07, 6.45) is 18.9. The fourth-order valence-corrected chi connectivity index (χ4v) is 9.63. The van der Waals surface area contributed by atoms with Gasteiger partial charge in [-0.15, -0.1) is 0 Å². The van der Waals surface area contributed by atoms with Gasteiger partial charge in [0.2, 0.25) is 0 Å². The third-order valence-electron chi connectivity index (χ3n) is 11.3. The van der Waals surface area contributed by atoms with Crippen molar-refractivity contribution in [3.8, 4) is 0 Å². The van der Waals surface area contributed by atoms with Crippen LogP contribution in [0.15, 0.2) is 11.6 Å². The van der Waals surface area contributed by atoms with Crippen LogP contribution in [0.25, 0.3) is 0 Å². The van der Waals surface area contributed by atoms with Gasteiger partial charge in [-0.3, -0.25) is 0 Å². The van der Waals surface area contributed by atoms with Crippen LogP contribution in [-0.2, 0) is 0 Å². The Hall–Kier alpha value is -0.260. The molecular formula is C30H52. The van der Waals surface area contributed by atoms with Gasteiger partial charge in [0.15, 0.2) is 0 Å². The molecule has 8 unspecified atom stereocenters. The lowest BCUT2D eigenvalue weighted by atomic mass is 9.47. The van der Waals surface area contributed by atoms with Crippen LogP contribution in [0.5, 0.6) is 0 Å². The summed E-state index contributed by atoms with van der Waals surface area (Å²) < 4.78 is 0. The van der Waals surface area contributed by atoms with Crippen LogP contribution in [-0.4, -0.2) is 0 Å². The quantitative estimate of drug-likeness (QED) is 0.381. The van der Waals surface area contributed by atoms with E-state index in [2.05, 4.69) is 54.5 Å². The molecule has 172 valence electrons. The number of fused-ring (bicyclic) bond motifs is 5. The van der Waals surface area contributed by atoms with Crippen LogP contribution >= 0.6 is 0 Å². The summed E-state index contributed by atoms with van der Waals surface area (Å²) in [7, 11) is 0. The Balaban J connectivity index is 1.54. The molecule has 0 aromatic rings. The number of rotatable bonds is 6. The molecule has 0 bridgehead atoms. The lowest BCUT2D eigenvalue weighted by molar-refractivity contribution is -0.0566. The molecule has 4 aliphatic rings. The Bertz CT molecular complexity index is 626. The number of allylic oxidation sites excluding steroid dienone is 2. The van der Waals surface area contributed by atoms with Crippen molar-refractivity contribution in [2.45, 2.75) is 119 Å². The Morgan fingerprint density at radius 3 is 2.37 bits per heavy atom. The van der Waals surface area contributed by atoms with Gasteiger partial charge in [-0.25, -0.2) is 0 Å². The first-order chi connectivity index (χ1) is 14.2. The van der Waals surface area contributed by atoms with E-state index < -0.39 is 0 Å². The van der Waals surface area contributed by atoms with Gasteiger partial charge in [-0.05, 0) is 116 Å². The Morgan fingerprint density at radius 2 is 1.67 bits per heavy atom. The van der Waals surface area contributed by atoms with Gasteiger partial charge >= 0.3 is 0 Å². The lowest BCUT2D eigenvalue weighted by Gasteiger charge is -2.58. The second-order valence-corrected chi connectivity index (χ2v) is 13.4. The van der Waals surface area contributed by atoms with Crippen LogP contribution in [0, 0.1) is 58.2 Å². The summed E-state index contributed by atoms with van der Waals surface area (Å²) in [5.74, 6) is 7.44. The molecule has 0 aliphatic heterocycles. The fourth-order valence-electron chi connectivity index (χ4n) is 9.63. The molecular weight excluding hydrogens is 360 g/mol. The molecule has 0 heterocycles. The number of hydrogen-bond acceptors (Lipinski definition) is 0. The van der Waals surface area contributed by atoms with Crippen molar-refractivity contribution in [1.29, 1.82) is 0 Å². The van der Waals surface area contributed by atoms with Crippen molar-refractivity contribution in [2.24, 2.45) is 58.2 Å². The van der Waals surface area contributed by atoms with Crippen molar-refractivity contribution >= 4 is 0 Å². The van der Waals surface area contributed by atoms with Crippen LogP contribution < -0.4 is 0 Å². The maximum Gasteiger partial charge on any atom is -0.00853 e. The minimum Gasteiger partial charge on any atom is -0.0845 e. The van der Waals surface area contributed by atoms with Gasteiger partial charge in [0.05, 0.1) is 0 Å². The zero-order valence-electron chi connectivity index (χ0n) is 21.5. The Labute approximate surface area is 189 Å². The summed E-state index contributed by atoms with van der Waals surface area (Å²) in [5, 5.41) is 0. The van der Waals surface area contributed by atoms with Gasteiger partial charge < -0.3 is 0 Å². The van der Waals surface area contributed by atoms with E-state index >= 15 is 0 Å². The molecule has 3 fully saturated rings. The normalized spacial score (nSPS) is 43.0. The highest BCUT2D eigenvalue weighted by Gasteiger charge is 2.59. The molecule has 30 heavy (non-hydrogen) atoms. The van der Waals surface area contributed by atoms with E-state index in [1.54, 1.807) is 0 Å². The summed E-state index contributed by atoms with van der Waals surface area (Å²) in [5.41, 5.74) is 3.04. The summed E-state index contributed by atoms with van der Waals surface area (Å²) >= 11 is 0. The maximum atomic E-state index is 2.75. The molecule has 0 amide bonds. The molecule has 8 atom stereocenters. The highest BCUT2D eigenvalue weighted by atomic mass is 14.6. The van der Waals surface area contributed by atoms with Gasteiger partial charge in [0.1, 0.15) is 0 Å². The van der Waals surface area contributed by atoms with E-state index in [4.69, 9.17) is 0 Å². The largest absolute Gasteiger partial charge is 0.0845 e. The van der Waals surface area contributed by atoms with Crippen LogP contribution in [0.3, 0.4) is 0 Å². The second-order valence-electron chi connectivity index (χ2n) is 13.4. The molecule has 0 radical (unpaired) electrons. The molecule has 4 rings (SSSR count). The first-order valence-electron chi connectivity index (χ1n) is 13.9. The molecule has 4 aliphatic carbocycles. The number of hydrogen-bond donors (Lipinski definition) is 0. The van der Waals surface area contributed by atoms with Gasteiger partial charge in [-0.1, -0.05) is 73.0 Å². The molecule has 0 heteroatoms. The summed E-state index contributed by atoms with van der Waals surface area (Å²) in [6, 6.07) is 0. The second kappa shape index (κ2) is 8.59. The minimum atomic E-state index is 0.559. The third kappa shape index (κ3) is 3.75. The molecule has 0 N–H and O–H groups in total. The Kier molecular flexibility index (Phi) is 6.56. The van der Waals surface area contributed by atoms with Crippen molar-refractivity contribution in [2.75, 3.05) is 0 Å². The smallest absolute Gasteiger partial charge is 0.00853 e. The van der Waals surface area contributed by atoms with Gasteiger partial charge in [0.25, 0.3) is 0 Å². The van der Waals surface area contributed by atoms with E-state index in [-0.39, 0.29) is 0 Å². The average molecular weight is 413 g/mol. The first-order valence-corrected chi connectivity index (χ1v) is 13.9. The topological polar surface area (TPSA) is 0 Å². The SMILES string of the molecule is CC(C)CCC(C(C)C)C(C)C1CCC2C3CC=C4CCCCC4(C)C3CCC12C. The molecule has 0 nitrogen and oxygen atoms in total. The van der Waals surface area contributed by atoms with Crippen molar-refractivity contribution in [3.63, 3.8) is 0 Å². The molecule has 0 spiro atoms. The predicted molar refractivity (Wildman–Crippen MR) is 131 cm³/mol. The highest BCUT2D eigenvalue weighted by molar-refractivity contribution is 5.24. The predicted octanol–water partition coefficient (Wildman–Crippen LogP) is 9.30. The monoisotopic (exact) mass is 412 g/mol. The Morgan fingerprint density at radius 1 is 0.900 bits per heavy atom. The maximum absolute atomic E-state index is 2.75. The van der Waals surface area contributed by atoms with Gasteiger partial charge in [-0.2, -0.15) is 0 Å². The summed E-state index contributed by atoms with van der Waals surface area (Å²) in [6.45, 7) is 17.9. The van der Waals surface area contributed by atoms with Gasteiger partial charge in [0, 0.05) is 0 Å². The minimum absolute atomic E-state index is 0.559. The van der Waals surface area contributed by atoms with E-state index in [0.29, 0.717) is 10.8 Å². The fraction of sp³-hybridized carbons (Fsp3) is 0.933. The highest BCUT2D eigenvalue weighted by Crippen LogP contribution is 2.67. The van der Waals surface area contributed by atoms with E-state index in [0.717, 1.165) is 47.3 Å². The standard InChI is InChI=1S/C30H52/c1-20(2)11-13-24(21(3)4)22(5)26-15-16-27-25-14-12-23-10-8-9-18-29(23,6)28(25)17-19-30(26,27)7/h12,20-22,24-28H,8-11,13-19H2,1-7H3. The van der Waals surface area contributed by atoms with Crippen LogP contribution in [0.2, 0.25) is 0 Å². The van der Waals surface area contributed by atoms with Crippen molar-refractivity contribution in [3.05, 3.63) is 11.6 Å². The lowest BCUT2D eigenvalue weighted by Crippen LogP contribution is -2.50. The van der Waals surface area contributed by atoms with Crippen LogP contribution in [0.1, 0.15) is 119 Å².